The molecule has 1 atom stereocenters. The highest BCUT2D eigenvalue weighted by Crippen LogP contribution is 2.39. The summed E-state index contributed by atoms with van der Waals surface area (Å²) in [4.78, 5) is 12.7. The maximum atomic E-state index is 14.1. The number of ether oxygens (including phenoxy) is 1. The molecule has 0 saturated carbocycles. The predicted molar refractivity (Wildman–Crippen MR) is 93.9 cm³/mol. The van der Waals surface area contributed by atoms with Gasteiger partial charge in [0.25, 0.3) is 0 Å². The zero-order valence-electron chi connectivity index (χ0n) is 14.7. The molecule has 1 heterocycles. The number of benzene rings is 1. The third kappa shape index (κ3) is 5.19. The number of halogens is 5. The zero-order chi connectivity index (χ0) is 19.5. The van der Waals surface area contributed by atoms with Crippen LogP contribution in [0.4, 0.5) is 17.6 Å². The van der Waals surface area contributed by atoms with Gasteiger partial charge in [-0.2, -0.15) is 13.2 Å². The number of alkyl halides is 4. The lowest BCUT2D eigenvalue weighted by Crippen LogP contribution is -2.39. The molecule has 1 aromatic carbocycles. The molecule has 146 valence electrons. The summed E-state index contributed by atoms with van der Waals surface area (Å²) in [6, 6.07) is 2.86. The summed E-state index contributed by atoms with van der Waals surface area (Å²) in [5, 5.41) is 0. The fourth-order valence-corrected chi connectivity index (χ4v) is 3.99. The molecule has 1 saturated heterocycles. The standard InChI is InChI=1S/C18H22BrF4NO2/c1-3-26-17(25)16(19)13-4-5-14(20)11(2)15(13)12-6-8-24(9-7-12)10-18(21,22)23/h4-5,12,16H,3,6-10H2,1-2H3. The highest BCUT2D eigenvalue weighted by molar-refractivity contribution is 9.09. The van der Waals surface area contributed by atoms with Crippen molar-refractivity contribution >= 4 is 21.9 Å². The predicted octanol–water partition coefficient (Wildman–Crippen LogP) is 4.87. The van der Waals surface area contributed by atoms with Gasteiger partial charge in [-0.05, 0) is 68.5 Å². The highest BCUT2D eigenvalue weighted by atomic mass is 79.9. The lowest BCUT2D eigenvalue weighted by Gasteiger charge is -2.34. The first-order chi connectivity index (χ1) is 12.1. The Morgan fingerprint density at radius 3 is 2.50 bits per heavy atom. The highest BCUT2D eigenvalue weighted by Gasteiger charge is 2.34. The van der Waals surface area contributed by atoms with Crippen LogP contribution in [0.3, 0.4) is 0 Å². The SMILES string of the molecule is CCOC(=O)C(Br)c1ccc(F)c(C)c1C1CCN(CC(F)(F)F)CC1. The number of likely N-dealkylation sites (tertiary alicyclic amines) is 1. The number of piperidine rings is 1. The van der Waals surface area contributed by atoms with Crippen molar-refractivity contribution in [2.24, 2.45) is 0 Å². The van der Waals surface area contributed by atoms with Gasteiger partial charge >= 0.3 is 12.1 Å². The van der Waals surface area contributed by atoms with Gasteiger partial charge in [-0.3, -0.25) is 9.69 Å². The second-order valence-electron chi connectivity index (χ2n) is 6.46. The van der Waals surface area contributed by atoms with Crippen LogP contribution in [0.25, 0.3) is 0 Å². The number of carbonyl (C=O) groups excluding carboxylic acids is 1. The molecule has 0 aromatic heterocycles. The number of nitrogens with zero attached hydrogens (tertiary/aromatic N) is 1. The molecule has 0 bridgehead atoms. The van der Waals surface area contributed by atoms with E-state index in [1.165, 1.54) is 11.0 Å². The molecule has 0 N–H and O–H groups in total. The van der Waals surface area contributed by atoms with Crippen LogP contribution in [0.15, 0.2) is 12.1 Å². The summed E-state index contributed by atoms with van der Waals surface area (Å²) in [5.41, 5.74) is 1.76. The van der Waals surface area contributed by atoms with Gasteiger partial charge in [-0.25, -0.2) is 4.39 Å². The minimum atomic E-state index is -4.22. The van der Waals surface area contributed by atoms with Crippen molar-refractivity contribution in [3.05, 3.63) is 34.6 Å². The number of rotatable bonds is 5. The van der Waals surface area contributed by atoms with Crippen LogP contribution in [0.5, 0.6) is 0 Å². The molecule has 26 heavy (non-hydrogen) atoms. The summed E-state index contributed by atoms with van der Waals surface area (Å²) in [6.07, 6.45) is -3.26. The maximum Gasteiger partial charge on any atom is 0.401 e. The average molecular weight is 440 g/mol. The number of carbonyl (C=O) groups is 1. The van der Waals surface area contributed by atoms with Gasteiger partial charge in [-0.15, -0.1) is 0 Å². The van der Waals surface area contributed by atoms with Crippen molar-refractivity contribution in [1.29, 1.82) is 0 Å². The van der Waals surface area contributed by atoms with Gasteiger partial charge in [0.05, 0.1) is 13.2 Å². The molecule has 1 unspecified atom stereocenters. The number of hydrogen-bond donors (Lipinski definition) is 0. The van der Waals surface area contributed by atoms with Crippen molar-refractivity contribution in [3.63, 3.8) is 0 Å². The van der Waals surface area contributed by atoms with Crippen LogP contribution in [-0.4, -0.2) is 43.3 Å². The average Bonchev–Trinajstić information content (AvgIpc) is 2.56. The fraction of sp³-hybridized carbons (Fsp3) is 0.611. The Balaban J connectivity index is 2.23. The Bertz CT molecular complexity index is 643. The largest absolute Gasteiger partial charge is 0.465 e. The summed E-state index contributed by atoms with van der Waals surface area (Å²) >= 11 is 3.32. The Hall–Kier alpha value is -1.15. The van der Waals surface area contributed by atoms with E-state index in [0.29, 0.717) is 29.5 Å². The van der Waals surface area contributed by atoms with Gasteiger partial charge < -0.3 is 4.74 Å². The van der Waals surface area contributed by atoms with Gasteiger partial charge in [-0.1, -0.05) is 22.0 Å². The number of hydrogen-bond acceptors (Lipinski definition) is 3. The second kappa shape index (κ2) is 8.69. The van der Waals surface area contributed by atoms with E-state index in [1.807, 2.05) is 0 Å². The molecule has 0 spiro atoms. The van der Waals surface area contributed by atoms with Crippen LogP contribution in [0, 0.1) is 12.7 Å². The van der Waals surface area contributed by atoms with Crippen molar-refractivity contribution in [2.45, 2.75) is 43.6 Å². The quantitative estimate of drug-likeness (QED) is 0.372. The van der Waals surface area contributed by atoms with Crippen molar-refractivity contribution in [1.82, 2.24) is 4.90 Å². The summed E-state index contributed by atoms with van der Waals surface area (Å²) in [7, 11) is 0. The molecule has 2 rings (SSSR count). The van der Waals surface area contributed by atoms with Crippen LogP contribution in [-0.2, 0) is 9.53 Å². The van der Waals surface area contributed by atoms with Gasteiger partial charge in [0.15, 0.2) is 0 Å². The first-order valence-corrected chi connectivity index (χ1v) is 9.44. The van der Waals surface area contributed by atoms with Crippen LogP contribution < -0.4 is 0 Å². The third-order valence-electron chi connectivity index (χ3n) is 4.65. The monoisotopic (exact) mass is 439 g/mol. The summed E-state index contributed by atoms with van der Waals surface area (Å²) < 4.78 is 56.8. The Kier molecular flexibility index (Phi) is 7.07. The van der Waals surface area contributed by atoms with E-state index in [0.717, 1.165) is 0 Å². The lowest BCUT2D eigenvalue weighted by atomic mass is 9.82. The Morgan fingerprint density at radius 1 is 1.35 bits per heavy atom. The lowest BCUT2D eigenvalue weighted by molar-refractivity contribution is -0.148. The second-order valence-corrected chi connectivity index (χ2v) is 7.37. The van der Waals surface area contributed by atoms with E-state index < -0.39 is 23.5 Å². The first-order valence-electron chi connectivity index (χ1n) is 8.52. The Labute approximate surface area is 158 Å². The van der Waals surface area contributed by atoms with Gasteiger partial charge in [0.2, 0.25) is 0 Å². The minimum absolute atomic E-state index is 0.0975. The van der Waals surface area contributed by atoms with Crippen molar-refractivity contribution in [2.75, 3.05) is 26.2 Å². The normalized spacial score (nSPS) is 18.0. The zero-order valence-corrected chi connectivity index (χ0v) is 16.3. The minimum Gasteiger partial charge on any atom is -0.465 e. The molecule has 3 nitrogen and oxygen atoms in total. The third-order valence-corrected chi connectivity index (χ3v) is 5.51. The van der Waals surface area contributed by atoms with E-state index >= 15 is 0 Å². The topological polar surface area (TPSA) is 29.5 Å². The van der Waals surface area contributed by atoms with E-state index in [-0.39, 0.29) is 31.4 Å². The molecule has 8 heteroatoms. The molecule has 1 fully saturated rings. The number of esters is 1. The van der Waals surface area contributed by atoms with Crippen LogP contribution in [0.2, 0.25) is 0 Å². The molecule has 1 aliphatic rings. The van der Waals surface area contributed by atoms with Crippen molar-refractivity contribution < 1.29 is 27.1 Å². The van der Waals surface area contributed by atoms with Crippen LogP contribution in [0.1, 0.15) is 47.2 Å². The summed E-state index contributed by atoms with van der Waals surface area (Å²) in [5.74, 6) is -0.945. The maximum absolute atomic E-state index is 14.1. The van der Waals surface area contributed by atoms with E-state index in [1.54, 1.807) is 19.9 Å². The molecular weight excluding hydrogens is 418 g/mol. The van der Waals surface area contributed by atoms with Crippen LogP contribution >= 0.6 is 15.9 Å². The summed E-state index contributed by atoms with van der Waals surface area (Å²) in [6.45, 7) is 3.20. The molecule has 0 radical (unpaired) electrons. The fourth-order valence-electron chi connectivity index (χ4n) is 3.46. The molecule has 1 aromatic rings. The first kappa shape index (κ1) is 21.2. The Morgan fingerprint density at radius 2 is 1.96 bits per heavy atom. The van der Waals surface area contributed by atoms with Crippen molar-refractivity contribution in [3.8, 4) is 0 Å². The van der Waals surface area contributed by atoms with Gasteiger partial charge in [0.1, 0.15) is 10.6 Å². The molecule has 1 aliphatic heterocycles. The van der Waals surface area contributed by atoms with E-state index in [9.17, 15) is 22.4 Å². The molecular formula is C18H22BrF4NO2. The smallest absolute Gasteiger partial charge is 0.401 e. The molecule has 0 aliphatic carbocycles. The van der Waals surface area contributed by atoms with E-state index in [2.05, 4.69) is 15.9 Å². The van der Waals surface area contributed by atoms with E-state index in [4.69, 9.17) is 4.74 Å². The van der Waals surface area contributed by atoms with Gasteiger partial charge in [0, 0.05) is 0 Å². The molecule has 0 amide bonds.